The molecule has 140 valence electrons. The maximum absolute atomic E-state index is 14.3. The zero-order valence-corrected chi connectivity index (χ0v) is 15.1. The number of aromatic nitrogens is 4. The van der Waals surface area contributed by atoms with E-state index in [0.717, 1.165) is 16.1 Å². The van der Waals surface area contributed by atoms with E-state index in [2.05, 4.69) is 20.2 Å². The molecular formula is C17H16FN5O3S. The van der Waals surface area contributed by atoms with E-state index in [9.17, 15) is 19.1 Å². The summed E-state index contributed by atoms with van der Waals surface area (Å²) in [6, 6.07) is 0.675. The molecule has 1 aliphatic heterocycles. The molecule has 2 fully saturated rings. The Bertz CT molecular complexity index is 1120. The van der Waals surface area contributed by atoms with Gasteiger partial charge in [0.2, 0.25) is 0 Å². The highest BCUT2D eigenvalue weighted by atomic mass is 32.1. The molecule has 0 aromatic carbocycles. The highest BCUT2D eigenvalue weighted by Crippen LogP contribution is 2.50. The van der Waals surface area contributed by atoms with E-state index in [-0.39, 0.29) is 23.8 Å². The zero-order valence-electron chi connectivity index (χ0n) is 14.3. The molecule has 4 heterocycles. The van der Waals surface area contributed by atoms with E-state index < -0.39 is 24.2 Å². The Balaban J connectivity index is 1.63. The third-order valence-electron chi connectivity index (χ3n) is 5.60. The number of aromatic amines is 2. The highest BCUT2D eigenvalue weighted by molar-refractivity contribution is 7.22. The Morgan fingerprint density at radius 3 is 2.96 bits per heavy atom. The highest BCUT2D eigenvalue weighted by Gasteiger charge is 2.55. The van der Waals surface area contributed by atoms with Gasteiger partial charge in [0, 0.05) is 28.1 Å². The van der Waals surface area contributed by atoms with E-state index in [1.165, 1.54) is 16.2 Å². The monoisotopic (exact) mass is 389 g/mol. The van der Waals surface area contributed by atoms with Gasteiger partial charge in [0.25, 0.3) is 5.56 Å². The van der Waals surface area contributed by atoms with Crippen LogP contribution in [0.4, 0.5) is 9.18 Å². The van der Waals surface area contributed by atoms with Crippen LogP contribution in [0.15, 0.2) is 17.1 Å². The second kappa shape index (κ2) is 5.62. The topological polar surface area (TPSA) is 115 Å². The largest absolute Gasteiger partial charge is 0.465 e. The van der Waals surface area contributed by atoms with Crippen molar-refractivity contribution in [2.75, 3.05) is 0 Å². The number of piperidine rings is 1. The van der Waals surface area contributed by atoms with Crippen LogP contribution in [0.2, 0.25) is 0 Å². The Hall–Kier alpha value is -2.75. The van der Waals surface area contributed by atoms with Gasteiger partial charge in [-0.3, -0.25) is 14.8 Å². The standard InChI is InChI=1S/C17H16FN5O3S/c1-6-9(5-19-22-6)12-4-11-14(27-12)16(24)21-15(20-11)13-8-2-7(3-10(8)18)23(13)17(25)26/h4-5,7-8,10,13H,2-3H2,1H3,(H,19,22)(H,25,26)(H,20,21,24)/t7-,8+,10+,13-/m0/s1. The number of nitrogens with zero attached hydrogens (tertiary/aromatic N) is 3. The van der Waals surface area contributed by atoms with Gasteiger partial charge in [-0.1, -0.05) is 0 Å². The van der Waals surface area contributed by atoms with E-state index in [0.29, 0.717) is 16.6 Å². The van der Waals surface area contributed by atoms with E-state index >= 15 is 0 Å². The molecule has 3 aromatic rings. The number of fused-ring (bicyclic) bond motifs is 3. The van der Waals surface area contributed by atoms with Crippen LogP contribution in [0.25, 0.3) is 20.7 Å². The van der Waals surface area contributed by atoms with Crippen LogP contribution >= 0.6 is 11.3 Å². The van der Waals surface area contributed by atoms with Gasteiger partial charge in [-0.2, -0.15) is 5.10 Å². The van der Waals surface area contributed by atoms with Gasteiger partial charge < -0.3 is 10.1 Å². The number of carboxylic acid groups (broad SMARTS) is 1. The minimum atomic E-state index is -1.11. The molecule has 1 saturated heterocycles. The van der Waals surface area contributed by atoms with E-state index in [1.807, 2.05) is 6.92 Å². The molecule has 1 aliphatic carbocycles. The predicted molar refractivity (Wildman–Crippen MR) is 96.6 cm³/mol. The summed E-state index contributed by atoms with van der Waals surface area (Å²) in [6.45, 7) is 1.89. The predicted octanol–water partition coefficient (Wildman–Crippen LogP) is 2.83. The summed E-state index contributed by atoms with van der Waals surface area (Å²) < 4.78 is 14.7. The van der Waals surface area contributed by atoms with Crippen LogP contribution in [-0.2, 0) is 0 Å². The molecule has 0 spiro atoms. The number of halogens is 1. The normalized spacial score (nSPS) is 27.0. The van der Waals surface area contributed by atoms with Crippen LogP contribution in [0.5, 0.6) is 0 Å². The van der Waals surface area contributed by atoms with Crippen molar-refractivity contribution < 1.29 is 14.3 Å². The molecule has 1 saturated carbocycles. The minimum Gasteiger partial charge on any atom is -0.465 e. The molecule has 8 nitrogen and oxygen atoms in total. The lowest BCUT2D eigenvalue weighted by Gasteiger charge is -2.33. The van der Waals surface area contributed by atoms with Gasteiger partial charge in [0.05, 0.1) is 17.8 Å². The van der Waals surface area contributed by atoms with Crippen LogP contribution in [0.1, 0.15) is 30.4 Å². The number of carbonyl (C=O) groups is 1. The van der Waals surface area contributed by atoms with Gasteiger partial charge in [-0.05, 0) is 25.8 Å². The number of amides is 1. The average Bonchev–Trinajstić information content (AvgIpc) is 3.35. The van der Waals surface area contributed by atoms with Crippen LogP contribution in [-0.4, -0.2) is 48.5 Å². The number of nitrogens with one attached hydrogen (secondary N) is 2. The summed E-state index contributed by atoms with van der Waals surface area (Å²) in [5, 5.41) is 16.4. The van der Waals surface area contributed by atoms with Crippen molar-refractivity contribution in [2.45, 2.75) is 38.0 Å². The molecule has 4 atom stereocenters. The Labute approximate surface area is 156 Å². The van der Waals surface area contributed by atoms with Crippen molar-refractivity contribution >= 4 is 27.6 Å². The summed E-state index contributed by atoms with van der Waals surface area (Å²) >= 11 is 1.30. The number of aryl methyl sites for hydroxylation is 1. The van der Waals surface area contributed by atoms with Crippen molar-refractivity contribution in [3.05, 3.63) is 34.1 Å². The maximum Gasteiger partial charge on any atom is 0.408 e. The van der Waals surface area contributed by atoms with Gasteiger partial charge in [-0.15, -0.1) is 11.3 Å². The zero-order chi connectivity index (χ0) is 18.9. The number of hydrogen-bond acceptors (Lipinski definition) is 5. The first-order valence-electron chi connectivity index (χ1n) is 8.63. The van der Waals surface area contributed by atoms with Gasteiger partial charge in [0.15, 0.2) is 0 Å². The third kappa shape index (κ3) is 2.32. The summed E-state index contributed by atoms with van der Waals surface area (Å²) in [7, 11) is 0. The molecule has 3 N–H and O–H groups in total. The first kappa shape index (κ1) is 16.4. The Kier molecular flexibility index (Phi) is 3.42. The fourth-order valence-electron chi connectivity index (χ4n) is 4.42. The Morgan fingerprint density at radius 2 is 2.26 bits per heavy atom. The second-order valence-electron chi connectivity index (χ2n) is 7.12. The van der Waals surface area contributed by atoms with E-state index in [4.69, 9.17) is 0 Å². The molecule has 10 heteroatoms. The lowest BCUT2D eigenvalue weighted by atomic mass is 9.96. The Morgan fingerprint density at radius 1 is 1.44 bits per heavy atom. The number of rotatable bonds is 2. The molecule has 3 aromatic heterocycles. The molecular weight excluding hydrogens is 373 g/mol. The second-order valence-corrected chi connectivity index (χ2v) is 8.18. The lowest BCUT2D eigenvalue weighted by molar-refractivity contribution is 0.0691. The molecule has 27 heavy (non-hydrogen) atoms. The van der Waals surface area contributed by atoms with Gasteiger partial charge in [-0.25, -0.2) is 14.2 Å². The first-order chi connectivity index (χ1) is 12.9. The number of likely N-dealkylation sites (tertiary alicyclic amines) is 1. The SMILES string of the molecule is Cc1[nH]ncc1-c1cc2nc([C@@H]3[C@@H]4C[C@@H](C[C@H]4F)N3C(=O)O)[nH]c(=O)c2s1. The molecule has 1 amide bonds. The van der Waals surface area contributed by atoms with Gasteiger partial charge >= 0.3 is 6.09 Å². The molecule has 2 aliphatic rings. The summed E-state index contributed by atoms with van der Waals surface area (Å²) in [5.74, 6) is -0.251. The summed E-state index contributed by atoms with van der Waals surface area (Å²) in [4.78, 5) is 33.6. The maximum atomic E-state index is 14.3. The first-order valence-corrected chi connectivity index (χ1v) is 9.45. The number of hydrogen-bond donors (Lipinski definition) is 3. The minimum absolute atomic E-state index is 0.211. The quantitative estimate of drug-likeness (QED) is 0.623. The average molecular weight is 389 g/mol. The van der Waals surface area contributed by atoms with Crippen molar-refractivity contribution in [3.63, 3.8) is 0 Å². The third-order valence-corrected chi connectivity index (χ3v) is 6.76. The molecule has 2 bridgehead atoms. The summed E-state index contributed by atoms with van der Waals surface area (Å²) in [6.07, 6.45) is 0.168. The van der Waals surface area contributed by atoms with Crippen LogP contribution < -0.4 is 5.56 Å². The van der Waals surface area contributed by atoms with Gasteiger partial charge in [0.1, 0.15) is 16.7 Å². The van der Waals surface area contributed by atoms with Crippen molar-refractivity contribution in [2.24, 2.45) is 5.92 Å². The van der Waals surface area contributed by atoms with Crippen molar-refractivity contribution in [3.8, 4) is 10.4 Å². The fourth-order valence-corrected chi connectivity index (χ4v) is 5.48. The number of thiophene rings is 1. The van der Waals surface area contributed by atoms with Crippen molar-refractivity contribution in [1.82, 2.24) is 25.1 Å². The lowest BCUT2D eigenvalue weighted by Crippen LogP contribution is -2.43. The smallest absolute Gasteiger partial charge is 0.408 e. The molecule has 5 rings (SSSR count). The summed E-state index contributed by atoms with van der Waals surface area (Å²) in [5.41, 5.74) is 1.91. The number of alkyl halides is 1. The molecule has 0 unspecified atom stereocenters. The number of H-pyrrole nitrogens is 2. The molecule has 0 radical (unpaired) electrons. The van der Waals surface area contributed by atoms with Crippen LogP contribution in [0.3, 0.4) is 0 Å². The fraction of sp³-hybridized carbons (Fsp3) is 0.412. The van der Waals surface area contributed by atoms with E-state index in [1.54, 1.807) is 12.3 Å². The van der Waals surface area contributed by atoms with Crippen molar-refractivity contribution in [1.29, 1.82) is 0 Å². The van der Waals surface area contributed by atoms with Crippen LogP contribution in [0, 0.1) is 12.8 Å².